The average molecular weight is 467 g/mol. The van der Waals surface area contributed by atoms with Gasteiger partial charge in [-0.15, -0.1) is 0 Å². The molecule has 2 N–H and O–H groups in total. The first kappa shape index (κ1) is 19.9. The minimum absolute atomic E-state index is 0. The summed E-state index contributed by atoms with van der Waals surface area (Å²) in [5, 5.41) is 18.6. The van der Waals surface area contributed by atoms with Crippen LogP contribution >= 0.6 is 0 Å². The quantitative estimate of drug-likeness (QED) is 0.584. The molecular weight excluding hydrogens is 435 g/mol. The molecule has 0 aromatic carbocycles. The molecule has 0 aromatic rings. The van der Waals surface area contributed by atoms with Crippen molar-refractivity contribution in [3.8, 4) is 0 Å². The minimum Gasteiger partial charge on any atom is -0.481 e. The summed E-state index contributed by atoms with van der Waals surface area (Å²) in [6.07, 6.45) is 13.8. The van der Waals surface area contributed by atoms with E-state index in [1.54, 1.807) is 0 Å². The fourth-order valence-electron chi connectivity index (χ4n) is 8.75. The van der Waals surface area contributed by atoms with Crippen LogP contribution < -0.4 is 0 Å². The van der Waals surface area contributed by atoms with Crippen LogP contribution in [0.1, 0.15) is 77.0 Å². The molecule has 4 nitrogen and oxygen atoms in total. The van der Waals surface area contributed by atoms with E-state index in [9.17, 15) is 19.8 Å². The number of hydrogen-bond acceptors (Lipinski definition) is 2. The van der Waals surface area contributed by atoms with Crippen LogP contribution in [0, 0.1) is 46.3 Å². The Kier molecular flexibility index (Phi) is 5.04. The normalized spacial score (nSPS) is 50.5. The Morgan fingerprint density at radius 2 is 0.704 bits per heavy atom. The Balaban J connectivity index is 0.000000129. The van der Waals surface area contributed by atoms with Crippen molar-refractivity contribution >= 4 is 11.9 Å². The van der Waals surface area contributed by atoms with Crippen molar-refractivity contribution in [2.45, 2.75) is 77.0 Å². The summed E-state index contributed by atoms with van der Waals surface area (Å²) in [5.41, 5.74) is -0.566. The number of aliphatic carboxylic acids is 2. The fourth-order valence-corrected chi connectivity index (χ4v) is 8.75. The van der Waals surface area contributed by atoms with Crippen molar-refractivity contribution in [2.75, 3.05) is 0 Å². The summed E-state index contributed by atoms with van der Waals surface area (Å²) in [7, 11) is 0. The molecule has 8 aliphatic carbocycles. The van der Waals surface area contributed by atoms with Gasteiger partial charge in [0.2, 0.25) is 0 Å². The van der Waals surface area contributed by atoms with Crippen LogP contribution in [-0.4, -0.2) is 22.2 Å². The molecule has 0 spiro atoms. The Hall–Kier alpha value is -0.398. The summed E-state index contributed by atoms with van der Waals surface area (Å²) in [6.45, 7) is 0. The standard InChI is InChI=1S/2C11H16O2.Pd/c2*12-10(13)11-4-7-1-8(5-11)3-9(2-7)6-11;/h2*7-9H,1-6H2,(H,12,13);. The van der Waals surface area contributed by atoms with Crippen molar-refractivity contribution in [3.05, 3.63) is 0 Å². The molecule has 27 heavy (non-hydrogen) atoms. The SMILES string of the molecule is O=C(O)C12CC3CC(CC(C3)C1)C2.O=C(O)C12CC3CC(CC(C3)C1)C2.[Pd]. The number of carbonyl (C=O) groups is 2. The maximum Gasteiger partial charge on any atom is 0.309 e. The first-order valence-corrected chi connectivity index (χ1v) is 10.8. The Morgan fingerprint density at radius 3 is 0.852 bits per heavy atom. The van der Waals surface area contributed by atoms with E-state index >= 15 is 0 Å². The van der Waals surface area contributed by atoms with E-state index in [-0.39, 0.29) is 31.3 Å². The number of hydrogen-bond donors (Lipinski definition) is 2. The van der Waals surface area contributed by atoms with Crippen LogP contribution in [-0.2, 0) is 30.0 Å². The molecule has 8 saturated carbocycles. The molecule has 0 amide bonds. The van der Waals surface area contributed by atoms with Gasteiger partial charge >= 0.3 is 11.9 Å². The first-order chi connectivity index (χ1) is 12.4. The second-order valence-electron chi connectivity index (χ2n) is 11.0. The summed E-state index contributed by atoms with van der Waals surface area (Å²) < 4.78 is 0. The monoisotopic (exact) mass is 466 g/mol. The van der Waals surface area contributed by atoms with Crippen LogP contribution in [0.25, 0.3) is 0 Å². The second kappa shape index (κ2) is 6.84. The topological polar surface area (TPSA) is 74.6 Å². The molecule has 0 aliphatic heterocycles. The Labute approximate surface area is 175 Å². The molecule has 8 fully saturated rings. The molecule has 154 valence electrons. The summed E-state index contributed by atoms with van der Waals surface area (Å²) >= 11 is 0. The van der Waals surface area contributed by atoms with E-state index in [0.29, 0.717) is 0 Å². The van der Waals surface area contributed by atoms with E-state index in [4.69, 9.17) is 0 Å². The molecule has 8 rings (SSSR count). The molecule has 0 aromatic heterocycles. The van der Waals surface area contributed by atoms with Crippen LogP contribution in [0.2, 0.25) is 0 Å². The van der Waals surface area contributed by atoms with E-state index < -0.39 is 11.9 Å². The maximum atomic E-state index is 11.3. The third-order valence-corrected chi connectivity index (χ3v) is 8.98. The van der Waals surface area contributed by atoms with Crippen LogP contribution in [0.5, 0.6) is 0 Å². The molecular formula is C22H32O4Pd. The predicted molar refractivity (Wildman–Crippen MR) is 96.5 cm³/mol. The Morgan fingerprint density at radius 1 is 0.519 bits per heavy atom. The second-order valence-corrected chi connectivity index (χ2v) is 11.0. The van der Waals surface area contributed by atoms with Crippen molar-refractivity contribution in [1.82, 2.24) is 0 Å². The molecule has 8 bridgehead atoms. The van der Waals surface area contributed by atoms with Crippen molar-refractivity contribution in [2.24, 2.45) is 46.3 Å². The van der Waals surface area contributed by atoms with Crippen molar-refractivity contribution in [1.29, 1.82) is 0 Å². The van der Waals surface area contributed by atoms with Gasteiger partial charge in [0.1, 0.15) is 0 Å². The number of carboxylic acid groups (broad SMARTS) is 2. The predicted octanol–water partition coefficient (Wildman–Crippen LogP) is 4.57. The number of carboxylic acids is 2. The molecule has 0 heterocycles. The van der Waals surface area contributed by atoms with Gasteiger partial charge < -0.3 is 10.2 Å². The van der Waals surface area contributed by atoms with Gasteiger partial charge in [-0.2, -0.15) is 0 Å². The van der Waals surface area contributed by atoms with Crippen LogP contribution in [0.3, 0.4) is 0 Å². The Bertz CT molecular complexity index is 503. The third kappa shape index (κ3) is 3.31. The number of rotatable bonds is 2. The molecule has 0 unspecified atom stereocenters. The summed E-state index contributed by atoms with van der Waals surface area (Å²) in [6, 6.07) is 0. The third-order valence-electron chi connectivity index (χ3n) is 8.98. The fraction of sp³-hybridized carbons (Fsp3) is 0.909. The zero-order valence-electron chi connectivity index (χ0n) is 16.0. The molecule has 0 radical (unpaired) electrons. The maximum absolute atomic E-state index is 11.3. The van der Waals surface area contributed by atoms with E-state index in [2.05, 4.69) is 0 Å². The van der Waals surface area contributed by atoms with Gasteiger partial charge in [-0.3, -0.25) is 9.59 Å². The zero-order chi connectivity index (χ0) is 18.1. The van der Waals surface area contributed by atoms with Gasteiger partial charge in [0.25, 0.3) is 0 Å². The van der Waals surface area contributed by atoms with Crippen LogP contribution in [0.4, 0.5) is 0 Å². The summed E-state index contributed by atoms with van der Waals surface area (Å²) in [5.74, 6) is 3.50. The van der Waals surface area contributed by atoms with Crippen molar-refractivity contribution in [3.63, 3.8) is 0 Å². The van der Waals surface area contributed by atoms with E-state index in [1.165, 1.54) is 38.5 Å². The summed E-state index contributed by atoms with van der Waals surface area (Å²) in [4.78, 5) is 22.5. The van der Waals surface area contributed by atoms with Gasteiger partial charge in [0.05, 0.1) is 10.8 Å². The average Bonchev–Trinajstić information content (AvgIpc) is 2.52. The van der Waals surface area contributed by atoms with Gasteiger partial charge in [0, 0.05) is 20.4 Å². The van der Waals surface area contributed by atoms with Gasteiger partial charge in [-0.25, -0.2) is 0 Å². The molecule has 5 heteroatoms. The largest absolute Gasteiger partial charge is 0.481 e. The molecule has 0 atom stereocenters. The van der Waals surface area contributed by atoms with Gasteiger partial charge in [-0.1, -0.05) is 0 Å². The van der Waals surface area contributed by atoms with E-state index in [0.717, 1.165) is 74.0 Å². The smallest absolute Gasteiger partial charge is 0.309 e. The minimum atomic E-state index is -0.508. The zero-order valence-corrected chi connectivity index (χ0v) is 17.5. The first-order valence-electron chi connectivity index (χ1n) is 10.8. The molecule has 0 saturated heterocycles. The molecule has 8 aliphatic rings. The van der Waals surface area contributed by atoms with E-state index in [1.807, 2.05) is 0 Å². The van der Waals surface area contributed by atoms with Crippen molar-refractivity contribution < 1.29 is 40.2 Å². The van der Waals surface area contributed by atoms with Crippen LogP contribution in [0.15, 0.2) is 0 Å². The van der Waals surface area contributed by atoms with Gasteiger partial charge in [0.15, 0.2) is 0 Å². The van der Waals surface area contributed by atoms with Gasteiger partial charge in [-0.05, 0) is 113 Å².